The molecular formula is C20H20N4O6. The van der Waals surface area contributed by atoms with Crippen molar-refractivity contribution in [2.45, 2.75) is 19.0 Å². The van der Waals surface area contributed by atoms with E-state index in [0.717, 1.165) is 10.5 Å². The van der Waals surface area contributed by atoms with Crippen molar-refractivity contribution in [2.24, 2.45) is 0 Å². The lowest BCUT2D eigenvalue weighted by Gasteiger charge is -2.22. The molecule has 1 atom stereocenters. The smallest absolute Gasteiger partial charge is 0.325 e. The Hall–Kier alpha value is -3.95. The minimum Gasteiger partial charge on any atom is -0.497 e. The average Bonchev–Trinajstić information content (AvgIpc) is 2.96. The number of ether oxygens (including phenoxy) is 1. The average molecular weight is 412 g/mol. The molecule has 1 aliphatic heterocycles. The molecule has 30 heavy (non-hydrogen) atoms. The summed E-state index contributed by atoms with van der Waals surface area (Å²) >= 11 is 0. The summed E-state index contributed by atoms with van der Waals surface area (Å²) < 4.78 is 5.07. The first kappa shape index (κ1) is 20.8. The minimum atomic E-state index is -1.41. The number of nitro groups is 1. The van der Waals surface area contributed by atoms with Gasteiger partial charge >= 0.3 is 6.03 Å². The number of non-ortho nitro benzene ring substituents is 1. The van der Waals surface area contributed by atoms with Crippen LogP contribution in [0.4, 0.5) is 10.5 Å². The van der Waals surface area contributed by atoms with Crippen LogP contribution in [0.1, 0.15) is 18.1 Å². The third-order valence-electron chi connectivity index (χ3n) is 4.88. The second-order valence-corrected chi connectivity index (χ2v) is 6.88. The summed E-state index contributed by atoms with van der Waals surface area (Å²) in [4.78, 5) is 48.5. The van der Waals surface area contributed by atoms with Gasteiger partial charge in [0, 0.05) is 18.7 Å². The molecule has 4 amide bonds. The van der Waals surface area contributed by atoms with Crippen molar-refractivity contribution in [1.82, 2.24) is 15.5 Å². The van der Waals surface area contributed by atoms with Crippen LogP contribution < -0.4 is 15.4 Å². The number of hydrogen-bond acceptors (Lipinski definition) is 6. The number of hydrogen-bond donors (Lipinski definition) is 2. The standard InChI is InChI=1S/C20H20N4O6/c1-20(14-5-7-15(8-6-14)24(28)29)18(26)23(19(27)22-20)12-17(25)21-11-13-3-9-16(30-2)10-4-13/h3-10H,11-12H2,1-2H3,(H,21,25)(H,22,27)/t20-/m0/s1. The van der Waals surface area contributed by atoms with Gasteiger partial charge in [-0.2, -0.15) is 0 Å². The Labute approximate surface area is 172 Å². The first-order valence-electron chi connectivity index (χ1n) is 9.03. The molecule has 0 spiro atoms. The van der Waals surface area contributed by atoms with Crippen LogP contribution in [0, 0.1) is 10.1 Å². The Morgan fingerprint density at radius 3 is 2.37 bits per heavy atom. The molecule has 10 heteroatoms. The summed E-state index contributed by atoms with van der Waals surface area (Å²) in [5, 5.41) is 16.0. The number of nitrogens with one attached hydrogen (secondary N) is 2. The second-order valence-electron chi connectivity index (χ2n) is 6.88. The Kier molecular flexibility index (Phi) is 5.67. The number of nitrogens with zero attached hydrogens (tertiary/aromatic N) is 2. The summed E-state index contributed by atoms with van der Waals surface area (Å²) in [6.07, 6.45) is 0. The summed E-state index contributed by atoms with van der Waals surface area (Å²) in [6, 6.07) is 11.7. The van der Waals surface area contributed by atoms with E-state index in [-0.39, 0.29) is 12.2 Å². The van der Waals surface area contributed by atoms with E-state index in [2.05, 4.69) is 10.6 Å². The Bertz CT molecular complexity index is 989. The molecular weight excluding hydrogens is 392 g/mol. The zero-order valence-corrected chi connectivity index (χ0v) is 16.4. The number of amides is 4. The van der Waals surface area contributed by atoms with E-state index in [1.165, 1.54) is 31.2 Å². The molecule has 0 aromatic heterocycles. The van der Waals surface area contributed by atoms with E-state index in [4.69, 9.17) is 4.74 Å². The van der Waals surface area contributed by atoms with E-state index in [1.807, 2.05) is 0 Å². The fraction of sp³-hybridized carbons (Fsp3) is 0.250. The van der Waals surface area contributed by atoms with Crippen LogP contribution in [-0.2, 0) is 21.7 Å². The SMILES string of the molecule is COc1ccc(CNC(=O)CN2C(=O)N[C@@](C)(c3ccc([N+](=O)[O-])cc3)C2=O)cc1. The van der Waals surface area contributed by atoms with Gasteiger partial charge < -0.3 is 15.4 Å². The fourth-order valence-electron chi connectivity index (χ4n) is 3.10. The number of rotatable bonds is 7. The van der Waals surface area contributed by atoms with Crippen molar-refractivity contribution in [3.8, 4) is 5.75 Å². The molecule has 0 radical (unpaired) electrons. The van der Waals surface area contributed by atoms with Crippen LogP contribution in [0.3, 0.4) is 0 Å². The molecule has 0 bridgehead atoms. The minimum absolute atomic E-state index is 0.131. The Morgan fingerprint density at radius 2 is 1.80 bits per heavy atom. The van der Waals surface area contributed by atoms with Crippen molar-refractivity contribution < 1.29 is 24.0 Å². The number of urea groups is 1. The van der Waals surface area contributed by atoms with Crippen LogP contribution in [0.5, 0.6) is 5.75 Å². The topological polar surface area (TPSA) is 131 Å². The zero-order chi connectivity index (χ0) is 21.9. The number of benzene rings is 2. The predicted molar refractivity (Wildman–Crippen MR) is 106 cm³/mol. The van der Waals surface area contributed by atoms with E-state index in [1.54, 1.807) is 31.4 Å². The third-order valence-corrected chi connectivity index (χ3v) is 4.88. The fourth-order valence-corrected chi connectivity index (χ4v) is 3.10. The molecule has 1 fully saturated rings. The summed E-state index contributed by atoms with van der Waals surface area (Å²) in [6.45, 7) is 1.28. The molecule has 1 heterocycles. The first-order chi connectivity index (χ1) is 14.2. The molecule has 2 aromatic rings. The highest BCUT2D eigenvalue weighted by molar-refractivity contribution is 6.09. The van der Waals surface area contributed by atoms with Gasteiger partial charge in [0.25, 0.3) is 11.6 Å². The lowest BCUT2D eigenvalue weighted by molar-refractivity contribution is -0.384. The van der Waals surface area contributed by atoms with Crippen molar-refractivity contribution in [3.05, 3.63) is 69.8 Å². The number of imide groups is 1. The van der Waals surface area contributed by atoms with Gasteiger partial charge in [-0.1, -0.05) is 12.1 Å². The number of methoxy groups -OCH3 is 1. The number of carbonyl (C=O) groups is 3. The highest BCUT2D eigenvalue weighted by atomic mass is 16.6. The van der Waals surface area contributed by atoms with E-state index >= 15 is 0 Å². The van der Waals surface area contributed by atoms with Gasteiger partial charge in [-0.3, -0.25) is 24.6 Å². The van der Waals surface area contributed by atoms with Gasteiger partial charge in [-0.15, -0.1) is 0 Å². The van der Waals surface area contributed by atoms with Crippen molar-refractivity contribution >= 4 is 23.5 Å². The maximum atomic E-state index is 12.9. The predicted octanol–water partition coefficient (Wildman–Crippen LogP) is 1.69. The first-order valence-corrected chi connectivity index (χ1v) is 9.03. The number of nitro benzene ring substituents is 1. The van der Waals surface area contributed by atoms with Gasteiger partial charge in [0.2, 0.25) is 5.91 Å². The van der Waals surface area contributed by atoms with E-state index < -0.39 is 34.9 Å². The molecule has 2 aromatic carbocycles. The molecule has 0 saturated carbocycles. The highest BCUT2D eigenvalue weighted by Gasteiger charge is 2.49. The monoisotopic (exact) mass is 412 g/mol. The lowest BCUT2D eigenvalue weighted by Crippen LogP contribution is -2.43. The summed E-state index contributed by atoms with van der Waals surface area (Å²) in [5.41, 5.74) is -0.332. The lowest BCUT2D eigenvalue weighted by atomic mass is 9.92. The van der Waals surface area contributed by atoms with Crippen LogP contribution in [0.2, 0.25) is 0 Å². The third kappa shape index (κ3) is 4.07. The molecule has 0 aliphatic carbocycles. The molecule has 0 unspecified atom stereocenters. The van der Waals surface area contributed by atoms with Gasteiger partial charge in [0.05, 0.1) is 12.0 Å². The summed E-state index contributed by atoms with van der Waals surface area (Å²) in [7, 11) is 1.55. The van der Waals surface area contributed by atoms with Gasteiger partial charge in [-0.05, 0) is 42.3 Å². The van der Waals surface area contributed by atoms with Crippen LogP contribution in [-0.4, -0.2) is 41.3 Å². The van der Waals surface area contributed by atoms with Gasteiger partial charge in [0.1, 0.15) is 17.8 Å². The molecule has 2 N–H and O–H groups in total. The van der Waals surface area contributed by atoms with E-state index in [0.29, 0.717) is 11.3 Å². The zero-order valence-electron chi connectivity index (χ0n) is 16.4. The van der Waals surface area contributed by atoms with Crippen molar-refractivity contribution in [3.63, 3.8) is 0 Å². The Balaban J connectivity index is 1.64. The van der Waals surface area contributed by atoms with E-state index in [9.17, 15) is 24.5 Å². The summed E-state index contributed by atoms with van der Waals surface area (Å²) in [5.74, 6) is -0.418. The normalized spacial score (nSPS) is 18.1. The number of carbonyl (C=O) groups excluding carboxylic acids is 3. The van der Waals surface area contributed by atoms with Crippen LogP contribution >= 0.6 is 0 Å². The highest BCUT2D eigenvalue weighted by Crippen LogP contribution is 2.29. The quantitative estimate of drug-likeness (QED) is 0.404. The van der Waals surface area contributed by atoms with Crippen LogP contribution in [0.25, 0.3) is 0 Å². The second kappa shape index (κ2) is 8.19. The van der Waals surface area contributed by atoms with Crippen LogP contribution in [0.15, 0.2) is 48.5 Å². The molecule has 10 nitrogen and oxygen atoms in total. The van der Waals surface area contributed by atoms with Gasteiger partial charge in [-0.25, -0.2) is 4.79 Å². The maximum Gasteiger partial charge on any atom is 0.325 e. The molecule has 1 aliphatic rings. The van der Waals surface area contributed by atoms with Crippen molar-refractivity contribution in [1.29, 1.82) is 0 Å². The maximum absolute atomic E-state index is 12.9. The van der Waals surface area contributed by atoms with Gasteiger partial charge in [0.15, 0.2) is 0 Å². The molecule has 156 valence electrons. The van der Waals surface area contributed by atoms with Crippen molar-refractivity contribution in [2.75, 3.05) is 13.7 Å². The Morgan fingerprint density at radius 1 is 1.17 bits per heavy atom. The molecule has 3 rings (SSSR count). The largest absolute Gasteiger partial charge is 0.497 e. The molecule has 1 saturated heterocycles.